The van der Waals surface area contributed by atoms with Gasteiger partial charge in [0.25, 0.3) is 5.56 Å². The second kappa shape index (κ2) is 21.9. The Morgan fingerprint density at radius 1 is 1.12 bits per heavy atom. The summed E-state index contributed by atoms with van der Waals surface area (Å²) in [7, 11) is 1.43. The van der Waals surface area contributed by atoms with Crippen LogP contribution < -0.4 is 48.6 Å². The maximum atomic E-state index is 14.6. The van der Waals surface area contributed by atoms with Crippen molar-refractivity contribution in [2.75, 3.05) is 30.9 Å². The number of hydrogen-bond acceptors (Lipinski definition) is 15. The number of allylic oxidation sites excluding steroid dienone is 1. The van der Waals surface area contributed by atoms with E-state index < -0.39 is 36.0 Å². The van der Waals surface area contributed by atoms with Gasteiger partial charge in [-0.1, -0.05) is 19.9 Å². The molecule has 0 saturated heterocycles. The molecule has 4 amide bonds. The molecule has 66 heavy (non-hydrogen) atoms. The number of hydrogen-bond donors (Lipinski definition) is 8. The Labute approximate surface area is 376 Å². The molecule has 2 aromatic carbocycles. The molecule has 4 heterocycles. The molecule has 360 valence electrons. The van der Waals surface area contributed by atoms with E-state index >= 15 is 0 Å². The van der Waals surface area contributed by atoms with Crippen LogP contribution in [0.1, 0.15) is 83.5 Å². The number of primary amides is 1. The minimum absolute atomic E-state index is 0. The number of hydrazine groups is 1. The van der Waals surface area contributed by atoms with Gasteiger partial charge in [0.05, 0.1) is 43.1 Å². The predicted octanol–water partition coefficient (Wildman–Crippen LogP) is 3.27. The number of cyclic esters (lactones) is 1. The topological polar surface area (TPSA) is 268 Å². The van der Waals surface area contributed by atoms with E-state index in [1.54, 1.807) is 42.7 Å². The number of ether oxygens (including phenoxy) is 4. The molecule has 1 aliphatic carbocycles. The molecule has 3 aromatic rings. The number of nitrogens with two attached hydrogens (primary N) is 2. The molecule has 0 fully saturated rings. The number of carbonyl (C=O) groups excluding carboxylic acids is 5. The van der Waals surface area contributed by atoms with Crippen molar-refractivity contribution in [3.05, 3.63) is 109 Å². The Hall–Kier alpha value is -7.49. The van der Waals surface area contributed by atoms with Gasteiger partial charge in [0, 0.05) is 48.1 Å². The summed E-state index contributed by atoms with van der Waals surface area (Å²) < 4.78 is 51.7. The van der Waals surface area contributed by atoms with Crippen LogP contribution in [-0.2, 0) is 70.9 Å². The first-order valence-corrected chi connectivity index (χ1v) is 21.2. The number of esters is 1. The first kappa shape index (κ1) is 49.5. The number of anilines is 2. The van der Waals surface area contributed by atoms with Crippen molar-refractivity contribution in [2.24, 2.45) is 17.5 Å². The van der Waals surface area contributed by atoms with E-state index in [1.807, 2.05) is 13.0 Å². The number of fused-ring (bicyclic) bond motifs is 4. The predicted molar refractivity (Wildman–Crippen MR) is 234 cm³/mol. The molecule has 0 saturated carbocycles. The second-order valence-electron chi connectivity index (χ2n) is 15.8. The zero-order valence-electron chi connectivity index (χ0n) is 36.3. The minimum Gasteiger partial charge on any atom is -0.520 e. The molecule has 23 heteroatoms. The monoisotopic (exact) mass is 1180 g/mol. The third kappa shape index (κ3) is 10.7. The van der Waals surface area contributed by atoms with Gasteiger partial charge in [-0.2, -0.15) is 6.41 Å². The van der Waals surface area contributed by atoms with E-state index in [0.29, 0.717) is 45.7 Å². The number of nitrogens with one attached hydrogen (secondary N) is 6. The largest absolute Gasteiger partial charge is 0.520 e. The van der Waals surface area contributed by atoms with Crippen LogP contribution in [0.4, 0.5) is 24.4 Å². The second-order valence-corrected chi connectivity index (χ2v) is 16.2. The van der Waals surface area contributed by atoms with Crippen molar-refractivity contribution < 1.29 is 51.2 Å². The molecule has 3 atom stereocenters. The average molecular weight is 1180 g/mol. The van der Waals surface area contributed by atoms with Gasteiger partial charge < -0.3 is 65.5 Å². The number of halogens is 2. The fourth-order valence-corrected chi connectivity index (χ4v) is 8.45. The molecular formula is C43H50F2FmN9O10S-. The summed E-state index contributed by atoms with van der Waals surface area (Å²) >= 11 is -0.119. The summed E-state index contributed by atoms with van der Waals surface area (Å²) in [5.74, 6) is 3.41. The van der Waals surface area contributed by atoms with Crippen LogP contribution in [0.25, 0.3) is 5.57 Å². The van der Waals surface area contributed by atoms with Gasteiger partial charge in [-0.15, -0.1) is 3.89 Å². The zero-order chi connectivity index (χ0) is 46.9. The first-order valence-electron chi connectivity index (χ1n) is 20.5. The number of carbonyl (C=O) groups is 4. The zero-order valence-corrected chi connectivity index (χ0v) is 39.5. The van der Waals surface area contributed by atoms with Crippen molar-refractivity contribution in [3.8, 4) is 0 Å². The Morgan fingerprint density at radius 3 is 2.58 bits per heavy atom. The number of amides is 4. The number of rotatable bonds is 17. The van der Waals surface area contributed by atoms with Crippen molar-refractivity contribution in [1.82, 2.24) is 25.3 Å². The molecule has 7 rings (SSSR count). The Kier molecular flexibility index (Phi) is 16.5. The van der Waals surface area contributed by atoms with Gasteiger partial charge in [0.15, 0.2) is 18.4 Å². The maximum absolute atomic E-state index is 14.6. The van der Waals surface area contributed by atoms with E-state index in [9.17, 15) is 37.0 Å². The molecular weight excluding hydrogens is 1130 g/mol. The molecule has 19 nitrogen and oxygen atoms in total. The van der Waals surface area contributed by atoms with E-state index in [4.69, 9.17) is 30.5 Å². The van der Waals surface area contributed by atoms with Gasteiger partial charge in [0.1, 0.15) is 19.0 Å². The number of nitrogens with zero attached hydrogens (tertiary/aromatic N) is 1. The van der Waals surface area contributed by atoms with E-state index in [1.165, 1.54) is 25.3 Å². The Balaban J connectivity index is 0.000000245. The van der Waals surface area contributed by atoms with Crippen molar-refractivity contribution in [2.45, 2.75) is 84.6 Å². The van der Waals surface area contributed by atoms with E-state index in [-0.39, 0.29) is 68.6 Å². The first-order chi connectivity index (χ1) is 31.2. The Bertz CT molecular complexity index is 2490. The van der Waals surface area contributed by atoms with Gasteiger partial charge in [-0.3, -0.25) is 20.2 Å². The summed E-state index contributed by atoms with van der Waals surface area (Å²) in [6.07, 6.45) is 3.65. The number of benzene rings is 2. The standard InChI is InChI=1S/C23H21FN2O4.C20H29FN7O6S.Fm/c1-10-11-4-3-5-12-14-8-26-18(20(14)25-17(19(11)12)7-16(10)24)6-13-15(22(26)27)9-30-23(28)21(13)29-2;1-12(2)18(25-11-29)19(31)24-7-17(30)27-15-4-3-13(9-34-20(22)32)14(5-15)8-33-10-16(28-23)6-26-35-21;/h6-7,20-21,25H,3-5,8-9H2,1-2H3;3-6,12,18,26,28H,7-10,23H2,1-2H3,(H2,22,32)(H,24,31)(H,25,29)(H,27,30);/q;-1;/b;16-6-;. The SMILES string of the molecule is CC(C)C(N[C-]=O)C(=O)NCC(=O)Nc1ccc(COC(N)=O)c(COC/C(=C/NSF)NN)c1.COC1C(=O)OCc2c1cc1n(c2=O)CC2=C3CCCc4c(C)c(F)cc(c43)NC21.[Fm]. The van der Waals surface area contributed by atoms with Crippen molar-refractivity contribution >= 4 is 59.6 Å². The third-order valence-corrected chi connectivity index (χ3v) is 11.7. The fraction of sp³-hybridized carbons (Fsp3) is 0.395. The molecule has 1 aromatic heterocycles. The normalized spacial score (nSPS) is 16.8. The van der Waals surface area contributed by atoms with Crippen LogP contribution in [0.5, 0.6) is 0 Å². The van der Waals surface area contributed by atoms with Crippen LogP contribution in [0, 0.1) is 18.7 Å². The van der Waals surface area contributed by atoms with Crippen LogP contribution in [0.3, 0.4) is 0 Å². The Morgan fingerprint density at radius 2 is 1.89 bits per heavy atom. The molecule has 3 unspecified atom stereocenters. The van der Waals surface area contributed by atoms with Gasteiger partial charge in [-0.25, -0.2) is 14.0 Å². The average Bonchev–Trinajstić information content (AvgIpc) is 3.66. The number of pyridine rings is 1. The summed E-state index contributed by atoms with van der Waals surface area (Å²) in [5.41, 5.74) is 17.0. The summed E-state index contributed by atoms with van der Waals surface area (Å²) in [6.45, 7) is 5.32. The molecule has 0 spiro atoms. The molecule has 4 aliphatic rings. The fourth-order valence-electron chi connectivity index (χ4n) is 8.26. The number of methoxy groups -OCH3 is 1. The van der Waals surface area contributed by atoms with Gasteiger partial charge in [0.2, 0.25) is 11.8 Å². The van der Waals surface area contributed by atoms with E-state index in [2.05, 4.69) is 31.4 Å². The number of aromatic nitrogens is 1. The molecule has 10 N–H and O–H groups in total. The summed E-state index contributed by atoms with van der Waals surface area (Å²) in [4.78, 5) is 71.4. The molecule has 0 radical (unpaired) electrons. The quantitative estimate of drug-likeness (QED) is 0.0241. The van der Waals surface area contributed by atoms with E-state index in [0.717, 1.165) is 47.3 Å². The summed E-state index contributed by atoms with van der Waals surface area (Å²) in [5, 5.41) is 10.9. The van der Waals surface area contributed by atoms with Crippen molar-refractivity contribution in [3.63, 3.8) is 0 Å². The summed E-state index contributed by atoms with van der Waals surface area (Å²) in [6, 6.07) is 7.18. The van der Waals surface area contributed by atoms with Crippen LogP contribution >= 0.6 is 12.3 Å². The maximum Gasteiger partial charge on any atom is 0.404 e. The minimum atomic E-state index is -0.960. The molecule has 0 bridgehead atoms. The van der Waals surface area contributed by atoms with Crippen LogP contribution in [0.15, 0.2) is 52.6 Å². The van der Waals surface area contributed by atoms with Gasteiger partial charge in [-0.05, 0) is 89.8 Å². The third-order valence-electron chi connectivity index (χ3n) is 11.5. The van der Waals surface area contributed by atoms with Crippen LogP contribution in [0.2, 0.25) is 0 Å². The smallest absolute Gasteiger partial charge is 0.404 e. The molecule has 3 aliphatic heterocycles. The van der Waals surface area contributed by atoms with Crippen molar-refractivity contribution in [1.29, 1.82) is 0 Å². The van der Waals surface area contributed by atoms with Gasteiger partial charge >= 0.3 is 12.1 Å². The van der Waals surface area contributed by atoms with Crippen LogP contribution in [-0.4, -0.2) is 61.2 Å².